The van der Waals surface area contributed by atoms with E-state index in [1.54, 1.807) is 6.07 Å². The number of amides is 1. The van der Waals surface area contributed by atoms with Gasteiger partial charge in [0.1, 0.15) is 6.54 Å². The summed E-state index contributed by atoms with van der Waals surface area (Å²) in [5, 5.41) is 12.2. The first-order valence-electron chi connectivity index (χ1n) is 8.37. The Bertz CT molecular complexity index is 751. The molecule has 1 aromatic heterocycles. The highest BCUT2D eigenvalue weighted by atomic mass is 16.3. The first kappa shape index (κ1) is 18.1. The first-order valence-corrected chi connectivity index (χ1v) is 8.37. The summed E-state index contributed by atoms with van der Waals surface area (Å²) in [6.07, 6.45) is 3.65. The van der Waals surface area contributed by atoms with E-state index >= 15 is 0 Å². The predicted molar refractivity (Wildman–Crippen MR) is 93.7 cm³/mol. The highest BCUT2D eigenvalue weighted by molar-refractivity contribution is 5.79. The summed E-state index contributed by atoms with van der Waals surface area (Å²) in [7, 11) is 0. The minimum Gasteiger partial charge on any atom is -0.396 e. The number of fused-ring (bicyclic) bond motifs is 1. The van der Waals surface area contributed by atoms with Crippen LogP contribution in [-0.4, -0.2) is 33.7 Å². The van der Waals surface area contributed by atoms with E-state index in [4.69, 9.17) is 0 Å². The second kappa shape index (κ2) is 8.06. The molecule has 2 aromatic rings. The highest BCUT2D eigenvalue weighted by Gasteiger charge is 2.26. The van der Waals surface area contributed by atoms with Gasteiger partial charge in [-0.15, -0.1) is 0 Å². The third kappa shape index (κ3) is 4.00. The summed E-state index contributed by atoms with van der Waals surface area (Å²) in [4.78, 5) is 28.5. The molecule has 0 aliphatic rings. The number of nitrogens with zero attached hydrogens (tertiary/aromatic N) is 2. The number of rotatable bonds is 8. The van der Waals surface area contributed by atoms with Crippen molar-refractivity contribution in [2.45, 2.75) is 39.7 Å². The Hall–Kier alpha value is -2.21. The Morgan fingerprint density at radius 3 is 2.67 bits per heavy atom. The standard InChI is InChI=1S/C18H25N3O3/c1-3-18(4-2,9-10-22)13-20-16(23)12-21-15-8-6-5-7-14(15)19-11-17(21)24/h5-8,11,22H,3-4,9-10,12-13H2,1-2H3,(H,20,23). The second-order valence-electron chi connectivity index (χ2n) is 6.13. The summed E-state index contributed by atoms with van der Waals surface area (Å²) < 4.78 is 1.43. The molecule has 6 nitrogen and oxygen atoms in total. The molecule has 0 spiro atoms. The van der Waals surface area contributed by atoms with E-state index in [0.29, 0.717) is 24.0 Å². The van der Waals surface area contributed by atoms with Crippen LogP contribution in [0.15, 0.2) is 35.3 Å². The zero-order valence-corrected chi connectivity index (χ0v) is 14.3. The summed E-state index contributed by atoms with van der Waals surface area (Å²) in [6.45, 7) is 4.69. The minimum absolute atomic E-state index is 0.0372. The lowest BCUT2D eigenvalue weighted by Crippen LogP contribution is -2.40. The predicted octanol–water partition coefficient (Wildman–Crippen LogP) is 1.70. The molecule has 0 atom stereocenters. The maximum atomic E-state index is 12.3. The summed E-state index contributed by atoms with van der Waals surface area (Å²) in [6, 6.07) is 7.25. The van der Waals surface area contributed by atoms with E-state index in [1.165, 1.54) is 10.8 Å². The lowest BCUT2D eigenvalue weighted by molar-refractivity contribution is -0.122. The van der Waals surface area contributed by atoms with Gasteiger partial charge in [-0.3, -0.25) is 14.2 Å². The molecule has 2 rings (SSSR count). The van der Waals surface area contributed by atoms with Crippen LogP contribution in [0, 0.1) is 5.41 Å². The zero-order chi connectivity index (χ0) is 17.6. The van der Waals surface area contributed by atoms with E-state index in [9.17, 15) is 14.7 Å². The number of aliphatic hydroxyl groups is 1. The molecular weight excluding hydrogens is 306 g/mol. The summed E-state index contributed by atoms with van der Waals surface area (Å²) in [5.41, 5.74) is 0.932. The second-order valence-corrected chi connectivity index (χ2v) is 6.13. The van der Waals surface area contributed by atoms with Gasteiger partial charge in [0.25, 0.3) is 5.56 Å². The topological polar surface area (TPSA) is 84.2 Å². The van der Waals surface area contributed by atoms with Crippen molar-refractivity contribution in [2.24, 2.45) is 5.41 Å². The van der Waals surface area contributed by atoms with Crippen LogP contribution in [0.3, 0.4) is 0 Å². The maximum absolute atomic E-state index is 12.3. The van der Waals surface area contributed by atoms with Crippen LogP contribution in [0.2, 0.25) is 0 Å². The van der Waals surface area contributed by atoms with E-state index < -0.39 is 0 Å². The normalized spacial score (nSPS) is 11.6. The Morgan fingerprint density at radius 2 is 2.00 bits per heavy atom. The molecule has 6 heteroatoms. The number of para-hydroxylation sites is 2. The van der Waals surface area contributed by atoms with Gasteiger partial charge in [0.05, 0.1) is 17.2 Å². The van der Waals surface area contributed by atoms with Crippen LogP contribution < -0.4 is 10.9 Å². The van der Waals surface area contributed by atoms with Crippen molar-refractivity contribution in [3.63, 3.8) is 0 Å². The van der Waals surface area contributed by atoms with Crippen LogP contribution in [0.4, 0.5) is 0 Å². The van der Waals surface area contributed by atoms with E-state index in [0.717, 1.165) is 12.8 Å². The molecule has 0 bridgehead atoms. The lowest BCUT2D eigenvalue weighted by atomic mass is 9.79. The van der Waals surface area contributed by atoms with Crippen LogP contribution in [-0.2, 0) is 11.3 Å². The molecule has 0 fully saturated rings. The van der Waals surface area contributed by atoms with Crippen molar-refractivity contribution < 1.29 is 9.90 Å². The third-order valence-electron chi connectivity index (χ3n) is 4.86. The number of hydrogen-bond acceptors (Lipinski definition) is 4. The average Bonchev–Trinajstić information content (AvgIpc) is 2.61. The van der Waals surface area contributed by atoms with Gasteiger partial charge in [-0.1, -0.05) is 26.0 Å². The van der Waals surface area contributed by atoms with Gasteiger partial charge in [0, 0.05) is 13.2 Å². The van der Waals surface area contributed by atoms with Gasteiger partial charge in [-0.05, 0) is 36.8 Å². The number of hydrogen-bond donors (Lipinski definition) is 2. The monoisotopic (exact) mass is 331 g/mol. The Labute approximate surface area is 141 Å². The van der Waals surface area contributed by atoms with Gasteiger partial charge in [-0.25, -0.2) is 4.98 Å². The fourth-order valence-electron chi connectivity index (χ4n) is 2.94. The third-order valence-corrected chi connectivity index (χ3v) is 4.86. The van der Waals surface area contributed by atoms with Gasteiger partial charge in [-0.2, -0.15) is 0 Å². The van der Waals surface area contributed by atoms with Crippen molar-refractivity contribution in [1.29, 1.82) is 0 Å². The Kier molecular flexibility index (Phi) is 6.09. The molecule has 2 N–H and O–H groups in total. The SMILES string of the molecule is CCC(CC)(CCO)CNC(=O)Cn1c(=O)cnc2ccccc21. The molecule has 0 saturated carbocycles. The van der Waals surface area contributed by atoms with Crippen molar-refractivity contribution in [3.05, 3.63) is 40.8 Å². The van der Waals surface area contributed by atoms with Crippen LogP contribution in [0.5, 0.6) is 0 Å². The first-order chi connectivity index (χ1) is 11.5. The molecule has 0 aliphatic heterocycles. The van der Waals surface area contributed by atoms with Crippen LogP contribution in [0.25, 0.3) is 11.0 Å². The highest BCUT2D eigenvalue weighted by Crippen LogP contribution is 2.29. The Balaban J connectivity index is 2.13. The molecular formula is C18H25N3O3. The molecule has 0 saturated heterocycles. The van der Waals surface area contributed by atoms with E-state index in [2.05, 4.69) is 24.1 Å². The number of aromatic nitrogens is 2. The number of carbonyl (C=O) groups is 1. The quantitative estimate of drug-likeness (QED) is 0.771. The van der Waals surface area contributed by atoms with Crippen LogP contribution >= 0.6 is 0 Å². The molecule has 24 heavy (non-hydrogen) atoms. The summed E-state index contributed by atoms with van der Waals surface area (Å²) >= 11 is 0. The van der Waals surface area contributed by atoms with E-state index in [-0.39, 0.29) is 30.0 Å². The van der Waals surface area contributed by atoms with Gasteiger partial charge >= 0.3 is 0 Å². The fourth-order valence-corrected chi connectivity index (χ4v) is 2.94. The maximum Gasteiger partial charge on any atom is 0.269 e. The zero-order valence-electron chi connectivity index (χ0n) is 14.3. The molecule has 0 radical (unpaired) electrons. The van der Waals surface area contributed by atoms with Crippen LogP contribution in [0.1, 0.15) is 33.1 Å². The van der Waals surface area contributed by atoms with Crippen molar-refractivity contribution in [2.75, 3.05) is 13.2 Å². The van der Waals surface area contributed by atoms with Gasteiger partial charge in [0.2, 0.25) is 5.91 Å². The van der Waals surface area contributed by atoms with Gasteiger partial charge < -0.3 is 10.4 Å². The molecule has 1 aromatic carbocycles. The number of nitrogens with one attached hydrogen (secondary N) is 1. The fraction of sp³-hybridized carbons (Fsp3) is 0.500. The van der Waals surface area contributed by atoms with Crippen molar-refractivity contribution in [3.8, 4) is 0 Å². The average molecular weight is 331 g/mol. The smallest absolute Gasteiger partial charge is 0.269 e. The minimum atomic E-state index is -0.295. The van der Waals surface area contributed by atoms with Crippen molar-refractivity contribution >= 4 is 16.9 Å². The lowest BCUT2D eigenvalue weighted by Gasteiger charge is -2.31. The molecule has 0 unspecified atom stereocenters. The number of carbonyl (C=O) groups excluding carboxylic acids is 1. The number of benzene rings is 1. The molecule has 130 valence electrons. The Morgan fingerprint density at radius 1 is 1.29 bits per heavy atom. The molecule has 0 aliphatic carbocycles. The van der Waals surface area contributed by atoms with Crippen molar-refractivity contribution in [1.82, 2.24) is 14.9 Å². The molecule has 1 heterocycles. The number of aliphatic hydroxyl groups excluding tert-OH is 1. The summed E-state index contributed by atoms with van der Waals surface area (Å²) in [5.74, 6) is -0.210. The molecule has 1 amide bonds. The largest absolute Gasteiger partial charge is 0.396 e. The van der Waals surface area contributed by atoms with E-state index in [1.807, 2.05) is 18.2 Å². The van der Waals surface area contributed by atoms with Gasteiger partial charge in [0.15, 0.2) is 0 Å².